The highest BCUT2D eigenvalue weighted by atomic mass is 19.4. The molecule has 0 amide bonds. The van der Waals surface area contributed by atoms with Crippen LogP contribution in [0.1, 0.15) is 11.3 Å². The molecule has 0 bridgehead atoms. The Labute approximate surface area is 109 Å². The minimum Gasteiger partial charge on any atom is -0.388 e. The summed E-state index contributed by atoms with van der Waals surface area (Å²) in [6.45, 7) is 0. The fourth-order valence-electron chi connectivity index (χ4n) is 1.76. The van der Waals surface area contributed by atoms with Crippen molar-refractivity contribution in [2.45, 2.75) is 12.4 Å². The molecule has 0 radical (unpaired) electrons. The van der Waals surface area contributed by atoms with Crippen LogP contribution >= 0.6 is 0 Å². The Hall–Kier alpha value is -1.99. The van der Waals surface area contributed by atoms with Gasteiger partial charge >= 0.3 is 12.4 Å². The Morgan fingerprint density at radius 1 is 0.950 bits per heavy atom. The third-order valence-electron chi connectivity index (χ3n) is 2.69. The maximum atomic E-state index is 12.9. The lowest BCUT2D eigenvalue weighted by Crippen LogP contribution is -2.13. The van der Waals surface area contributed by atoms with Gasteiger partial charge in [-0.25, -0.2) is 4.98 Å². The number of benzene rings is 1. The molecule has 0 saturated heterocycles. The van der Waals surface area contributed by atoms with Crippen LogP contribution in [0, 0.1) is 0 Å². The van der Waals surface area contributed by atoms with Crippen molar-refractivity contribution in [1.29, 1.82) is 0 Å². The molecule has 2 nitrogen and oxygen atoms in total. The van der Waals surface area contributed by atoms with Crippen molar-refractivity contribution in [3.8, 4) is 0 Å². The van der Waals surface area contributed by atoms with Crippen molar-refractivity contribution in [2.75, 3.05) is 12.4 Å². The van der Waals surface area contributed by atoms with E-state index in [1.54, 1.807) is 0 Å². The van der Waals surface area contributed by atoms with E-state index in [0.29, 0.717) is 5.69 Å². The molecule has 0 unspecified atom stereocenters. The number of nitrogens with zero attached hydrogens (tertiary/aromatic N) is 1. The summed E-state index contributed by atoms with van der Waals surface area (Å²) in [4.78, 5) is 3.26. The molecule has 8 heteroatoms. The predicted molar refractivity (Wildman–Crippen MR) is 61.3 cm³/mol. The van der Waals surface area contributed by atoms with E-state index in [2.05, 4.69) is 10.3 Å². The second-order valence-electron chi connectivity index (χ2n) is 4.03. The number of nitrogens with one attached hydrogen (secondary N) is 1. The normalized spacial score (nSPS) is 12.8. The molecule has 108 valence electrons. The van der Waals surface area contributed by atoms with E-state index < -0.39 is 23.6 Å². The zero-order valence-corrected chi connectivity index (χ0v) is 10.0. The maximum absolute atomic E-state index is 12.9. The van der Waals surface area contributed by atoms with Gasteiger partial charge in [0.05, 0.1) is 11.1 Å². The van der Waals surface area contributed by atoms with Crippen LogP contribution in [0.4, 0.5) is 32.0 Å². The second kappa shape index (κ2) is 4.53. The SMILES string of the molecule is CNc1ccc2c(C(F)(F)F)cc(C(F)(F)F)nc2c1. The van der Waals surface area contributed by atoms with Crippen LogP contribution in [0.25, 0.3) is 10.9 Å². The van der Waals surface area contributed by atoms with Gasteiger partial charge in [0.15, 0.2) is 0 Å². The highest BCUT2D eigenvalue weighted by molar-refractivity contribution is 5.86. The van der Waals surface area contributed by atoms with Gasteiger partial charge in [0.1, 0.15) is 5.69 Å². The third kappa shape index (κ3) is 2.63. The molecule has 0 aliphatic rings. The predicted octanol–water partition coefficient (Wildman–Crippen LogP) is 4.31. The van der Waals surface area contributed by atoms with Crippen molar-refractivity contribution in [1.82, 2.24) is 4.98 Å². The Morgan fingerprint density at radius 3 is 2.10 bits per heavy atom. The first-order valence-corrected chi connectivity index (χ1v) is 5.40. The lowest BCUT2D eigenvalue weighted by atomic mass is 10.1. The van der Waals surface area contributed by atoms with Crippen LogP contribution in [0.3, 0.4) is 0 Å². The molecule has 2 rings (SSSR count). The van der Waals surface area contributed by atoms with Crippen LogP contribution in [-0.2, 0) is 12.4 Å². The third-order valence-corrected chi connectivity index (χ3v) is 2.69. The van der Waals surface area contributed by atoms with Gasteiger partial charge in [-0.1, -0.05) is 6.07 Å². The number of halogens is 6. The molecular weight excluding hydrogens is 286 g/mol. The molecule has 1 heterocycles. The monoisotopic (exact) mass is 294 g/mol. The molecule has 1 aromatic heterocycles. The largest absolute Gasteiger partial charge is 0.433 e. The Balaban J connectivity index is 2.82. The van der Waals surface area contributed by atoms with Gasteiger partial charge in [0, 0.05) is 18.1 Å². The van der Waals surface area contributed by atoms with Gasteiger partial charge in [-0.3, -0.25) is 0 Å². The molecule has 0 aliphatic carbocycles. The number of pyridine rings is 1. The van der Waals surface area contributed by atoms with Gasteiger partial charge in [0.2, 0.25) is 0 Å². The molecule has 0 saturated carbocycles. The van der Waals surface area contributed by atoms with Gasteiger partial charge in [-0.2, -0.15) is 26.3 Å². The number of fused-ring (bicyclic) bond motifs is 1. The smallest absolute Gasteiger partial charge is 0.388 e. The average molecular weight is 294 g/mol. The van der Waals surface area contributed by atoms with E-state index in [1.807, 2.05) is 0 Å². The fourth-order valence-corrected chi connectivity index (χ4v) is 1.76. The van der Waals surface area contributed by atoms with E-state index in [-0.39, 0.29) is 17.0 Å². The zero-order chi connectivity index (χ0) is 15.1. The van der Waals surface area contributed by atoms with E-state index in [1.165, 1.54) is 13.1 Å². The van der Waals surface area contributed by atoms with Crippen LogP contribution in [0.2, 0.25) is 0 Å². The average Bonchev–Trinajstić information content (AvgIpc) is 2.34. The summed E-state index contributed by atoms with van der Waals surface area (Å²) in [7, 11) is 1.50. The van der Waals surface area contributed by atoms with Crippen molar-refractivity contribution in [2.24, 2.45) is 0 Å². The number of hydrogen-bond acceptors (Lipinski definition) is 2. The molecule has 0 atom stereocenters. The highest BCUT2D eigenvalue weighted by Gasteiger charge is 2.39. The number of anilines is 1. The van der Waals surface area contributed by atoms with Crippen molar-refractivity contribution < 1.29 is 26.3 Å². The highest BCUT2D eigenvalue weighted by Crippen LogP contribution is 2.38. The molecule has 20 heavy (non-hydrogen) atoms. The fraction of sp³-hybridized carbons (Fsp3) is 0.250. The minimum atomic E-state index is -4.94. The maximum Gasteiger partial charge on any atom is 0.433 e. The summed E-state index contributed by atoms with van der Waals surface area (Å²) in [5.41, 5.74) is -2.90. The van der Waals surface area contributed by atoms with Crippen LogP contribution in [0.5, 0.6) is 0 Å². The van der Waals surface area contributed by atoms with Gasteiger partial charge in [-0.15, -0.1) is 0 Å². The summed E-state index contributed by atoms with van der Waals surface area (Å²) >= 11 is 0. The Morgan fingerprint density at radius 2 is 1.60 bits per heavy atom. The topological polar surface area (TPSA) is 24.9 Å². The molecule has 1 N–H and O–H groups in total. The summed E-state index contributed by atoms with van der Waals surface area (Å²) in [6, 6.07) is 3.60. The van der Waals surface area contributed by atoms with Gasteiger partial charge < -0.3 is 5.32 Å². The Kier molecular flexibility index (Phi) is 3.27. The number of rotatable bonds is 1. The van der Waals surface area contributed by atoms with E-state index in [9.17, 15) is 26.3 Å². The van der Waals surface area contributed by atoms with E-state index in [0.717, 1.165) is 12.1 Å². The van der Waals surface area contributed by atoms with Gasteiger partial charge in [0.25, 0.3) is 0 Å². The lowest BCUT2D eigenvalue weighted by Gasteiger charge is -2.14. The summed E-state index contributed by atoms with van der Waals surface area (Å²) in [5, 5.41) is 2.26. The first kappa shape index (κ1) is 14.4. The number of alkyl halides is 6. The molecule has 0 spiro atoms. The van der Waals surface area contributed by atoms with Crippen molar-refractivity contribution >= 4 is 16.6 Å². The summed E-state index contributed by atoms with van der Waals surface area (Å²) < 4.78 is 76.4. The van der Waals surface area contributed by atoms with Crippen LogP contribution < -0.4 is 5.32 Å². The van der Waals surface area contributed by atoms with Crippen LogP contribution in [0.15, 0.2) is 24.3 Å². The van der Waals surface area contributed by atoms with Crippen LogP contribution in [-0.4, -0.2) is 12.0 Å². The number of aromatic nitrogens is 1. The van der Waals surface area contributed by atoms with Crippen molar-refractivity contribution in [3.05, 3.63) is 35.5 Å². The van der Waals surface area contributed by atoms with E-state index >= 15 is 0 Å². The zero-order valence-electron chi connectivity index (χ0n) is 10.0. The molecule has 2 aromatic rings. The summed E-state index contributed by atoms with van der Waals surface area (Å²) in [5.74, 6) is 0. The van der Waals surface area contributed by atoms with Crippen molar-refractivity contribution in [3.63, 3.8) is 0 Å². The molecule has 0 aliphatic heterocycles. The summed E-state index contributed by atoms with van der Waals surface area (Å²) in [6.07, 6.45) is -9.83. The molecule has 1 aromatic carbocycles. The number of hydrogen-bond donors (Lipinski definition) is 1. The molecular formula is C12H8F6N2. The minimum absolute atomic E-state index is 0.0291. The first-order valence-electron chi connectivity index (χ1n) is 5.40. The first-order chi connectivity index (χ1) is 9.13. The second-order valence-corrected chi connectivity index (χ2v) is 4.03. The van der Waals surface area contributed by atoms with Gasteiger partial charge in [-0.05, 0) is 18.2 Å². The Bertz CT molecular complexity index is 645. The van der Waals surface area contributed by atoms with E-state index in [4.69, 9.17) is 0 Å². The standard InChI is InChI=1S/C12H8F6N2/c1-19-6-2-3-7-8(11(13,14)15)5-10(12(16,17)18)20-9(7)4-6/h2-5,19H,1H3. The molecule has 0 fully saturated rings. The lowest BCUT2D eigenvalue weighted by molar-refractivity contribution is -0.144. The quantitative estimate of drug-likeness (QED) is 0.793.